The van der Waals surface area contributed by atoms with Crippen molar-refractivity contribution in [2.45, 2.75) is 120 Å². The van der Waals surface area contributed by atoms with Gasteiger partial charge in [0, 0.05) is 33.6 Å². The molecule has 15 rings (SSSR count). The van der Waals surface area contributed by atoms with E-state index in [-0.39, 0.29) is 21.9 Å². The van der Waals surface area contributed by atoms with Gasteiger partial charge in [-0.15, -0.1) is 0 Å². The Morgan fingerprint density at radius 2 is 0.779 bits per heavy atom. The fourth-order valence-electron chi connectivity index (χ4n) is 16.9. The summed E-state index contributed by atoms with van der Waals surface area (Å²) < 4.78 is 0. The topological polar surface area (TPSA) is 6.48 Å². The van der Waals surface area contributed by atoms with Crippen molar-refractivity contribution in [2.75, 3.05) is 9.80 Å². The van der Waals surface area contributed by atoms with E-state index in [4.69, 9.17) is 0 Å². The molecule has 2 heterocycles. The highest BCUT2D eigenvalue weighted by atomic mass is 15.3. The van der Waals surface area contributed by atoms with Crippen LogP contribution in [0.1, 0.15) is 124 Å². The molecule has 77 heavy (non-hydrogen) atoms. The second-order valence-corrected chi connectivity index (χ2v) is 24.6. The maximum absolute atomic E-state index is 2.73. The second-order valence-electron chi connectivity index (χ2n) is 24.6. The molecule has 0 saturated heterocycles. The molecule has 10 aromatic carbocycles. The second kappa shape index (κ2) is 16.7. The lowest BCUT2D eigenvalue weighted by Gasteiger charge is -2.50. The lowest BCUT2D eigenvalue weighted by molar-refractivity contribution is 0.195. The van der Waals surface area contributed by atoms with E-state index < -0.39 is 5.41 Å². The first-order valence-electron chi connectivity index (χ1n) is 28.8. The molecule has 2 heteroatoms. The predicted octanol–water partition coefficient (Wildman–Crippen LogP) is 19.8. The van der Waals surface area contributed by atoms with Crippen LogP contribution in [0.3, 0.4) is 0 Å². The Morgan fingerprint density at radius 1 is 0.351 bits per heavy atom. The molecule has 0 amide bonds. The van der Waals surface area contributed by atoms with Crippen LogP contribution in [0.25, 0.3) is 54.9 Å². The standard InChI is InChI=1S/C75H68N2/c1-49-43-53(47-65-69(49)76(57-29-15-9-16-30-57)73(5)41-23-21-39-71(65,73)3)51-35-37-61-63(45-51)59-33-19-20-34-60(59)67-62-38-36-52(46-64(62)75(68(61)67,55-25-11-7-12-26-55)56-27-13-8-14-28-56)54-44-50(2)70-66(48-54)72(4)40-22-24-42-74(72,6)77(70)58-31-17-10-18-32-58/h7-20,25-38,43-48H,21-24,39-42H2,1-6H3. The van der Waals surface area contributed by atoms with E-state index in [2.05, 4.69) is 258 Å². The van der Waals surface area contributed by atoms with Crippen molar-refractivity contribution in [1.82, 2.24) is 0 Å². The van der Waals surface area contributed by atoms with E-state index in [9.17, 15) is 0 Å². The molecular formula is C75H68N2. The van der Waals surface area contributed by atoms with E-state index in [0.29, 0.717) is 0 Å². The Labute approximate surface area is 456 Å². The molecule has 3 aliphatic carbocycles. The number of hydrogen-bond donors (Lipinski definition) is 0. The largest absolute Gasteiger partial charge is 0.334 e. The Hall–Kier alpha value is -7.68. The quantitative estimate of drug-likeness (QED) is 0.153. The molecule has 4 unspecified atom stereocenters. The van der Waals surface area contributed by atoms with Gasteiger partial charge in [-0.3, -0.25) is 0 Å². The van der Waals surface area contributed by atoms with E-state index in [1.807, 2.05) is 0 Å². The van der Waals surface area contributed by atoms with E-state index in [0.717, 1.165) is 0 Å². The van der Waals surface area contributed by atoms with Gasteiger partial charge in [-0.2, -0.15) is 0 Å². The molecular weight excluding hydrogens is 929 g/mol. The summed E-state index contributed by atoms with van der Waals surface area (Å²) in [5, 5.41) is 5.23. The summed E-state index contributed by atoms with van der Waals surface area (Å²) in [6.07, 6.45) is 9.78. The van der Waals surface area contributed by atoms with Crippen molar-refractivity contribution in [3.8, 4) is 33.4 Å². The molecule has 10 aromatic rings. The Morgan fingerprint density at radius 3 is 1.30 bits per heavy atom. The van der Waals surface area contributed by atoms with Crippen LogP contribution in [-0.4, -0.2) is 11.1 Å². The number of aryl methyl sites for hydroxylation is 2. The zero-order chi connectivity index (χ0) is 52.1. The van der Waals surface area contributed by atoms with Crippen molar-refractivity contribution in [2.24, 2.45) is 0 Å². The predicted molar refractivity (Wildman–Crippen MR) is 325 cm³/mol. The smallest absolute Gasteiger partial charge is 0.0720 e. The molecule has 4 atom stereocenters. The first-order valence-corrected chi connectivity index (χ1v) is 28.8. The number of hydrogen-bond acceptors (Lipinski definition) is 2. The molecule has 5 aliphatic rings. The van der Waals surface area contributed by atoms with Gasteiger partial charge < -0.3 is 9.80 Å². The fourth-order valence-corrected chi connectivity index (χ4v) is 16.9. The number of para-hydroxylation sites is 2. The van der Waals surface area contributed by atoms with E-state index >= 15 is 0 Å². The Kier molecular flexibility index (Phi) is 10.1. The van der Waals surface area contributed by atoms with Gasteiger partial charge in [0.2, 0.25) is 0 Å². The first-order chi connectivity index (χ1) is 37.5. The fraction of sp³-hybridized carbons (Fsp3) is 0.253. The minimum Gasteiger partial charge on any atom is -0.334 e. The van der Waals surface area contributed by atoms with Crippen molar-refractivity contribution in [1.29, 1.82) is 0 Å². The van der Waals surface area contributed by atoms with Gasteiger partial charge in [0.1, 0.15) is 0 Å². The summed E-state index contributed by atoms with van der Waals surface area (Å²) in [4.78, 5) is 5.46. The summed E-state index contributed by atoms with van der Waals surface area (Å²) in [7, 11) is 0. The van der Waals surface area contributed by atoms with Gasteiger partial charge in [-0.05, 0) is 213 Å². The van der Waals surface area contributed by atoms with Crippen LogP contribution in [-0.2, 0) is 16.2 Å². The maximum atomic E-state index is 2.73. The minimum atomic E-state index is -0.609. The van der Waals surface area contributed by atoms with E-state index in [1.54, 1.807) is 0 Å². The molecule has 0 spiro atoms. The molecule has 0 aromatic heterocycles. The summed E-state index contributed by atoms with van der Waals surface area (Å²) in [6.45, 7) is 15.0. The van der Waals surface area contributed by atoms with Gasteiger partial charge in [0.15, 0.2) is 0 Å². The van der Waals surface area contributed by atoms with E-state index in [1.165, 1.54) is 174 Å². The van der Waals surface area contributed by atoms with Gasteiger partial charge in [-0.25, -0.2) is 0 Å². The SMILES string of the molecule is Cc1cc(-c2ccc3c(c2)C(c2ccccc2)(c2ccccc2)c2c-3c3ccccc3c3cc(-c4cc(C)c5c(c4)C4(C)CCCCC4(C)N5c4ccccc4)ccc23)cc2c1N(c1ccccc1)C1(C)CCCCC21C. The monoisotopic (exact) mass is 997 g/mol. The van der Waals surface area contributed by atoms with Crippen LogP contribution in [0.2, 0.25) is 0 Å². The Balaban J connectivity index is 0.960. The molecule has 2 nitrogen and oxygen atoms in total. The molecule has 0 N–H and O–H groups in total. The number of anilines is 4. The normalized spacial score (nSPS) is 23.6. The zero-order valence-electron chi connectivity index (χ0n) is 45.7. The number of benzene rings is 10. The third kappa shape index (κ3) is 6.13. The zero-order valence-corrected chi connectivity index (χ0v) is 45.7. The first kappa shape index (κ1) is 46.6. The number of rotatable bonds is 6. The molecule has 2 saturated carbocycles. The van der Waals surface area contributed by atoms with Crippen LogP contribution in [0.4, 0.5) is 22.7 Å². The summed E-state index contributed by atoms with van der Waals surface area (Å²) in [6, 6.07) is 79.8. The van der Waals surface area contributed by atoms with Gasteiger partial charge >= 0.3 is 0 Å². The highest BCUT2D eigenvalue weighted by Gasteiger charge is 2.60. The van der Waals surface area contributed by atoms with Crippen LogP contribution in [0, 0.1) is 13.8 Å². The van der Waals surface area contributed by atoms with Crippen LogP contribution in [0.5, 0.6) is 0 Å². The molecule has 2 aliphatic heterocycles. The number of nitrogens with zero attached hydrogens (tertiary/aromatic N) is 2. The lowest BCUT2D eigenvalue weighted by atomic mass is 9.61. The molecule has 0 radical (unpaired) electrons. The average molecular weight is 997 g/mol. The third-order valence-corrected chi connectivity index (χ3v) is 21.0. The van der Waals surface area contributed by atoms with Gasteiger partial charge in [-0.1, -0.05) is 185 Å². The van der Waals surface area contributed by atoms with Crippen molar-refractivity contribution >= 4 is 44.3 Å². The lowest BCUT2D eigenvalue weighted by Crippen LogP contribution is -2.54. The van der Waals surface area contributed by atoms with Crippen LogP contribution >= 0.6 is 0 Å². The maximum Gasteiger partial charge on any atom is 0.0720 e. The summed E-state index contributed by atoms with van der Waals surface area (Å²) >= 11 is 0. The van der Waals surface area contributed by atoms with Crippen molar-refractivity contribution in [3.63, 3.8) is 0 Å². The average Bonchev–Trinajstić information content (AvgIpc) is 4.16. The number of fused-ring (bicyclic) bond motifs is 14. The van der Waals surface area contributed by atoms with Crippen LogP contribution < -0.4 is 9.80 Å². The Bertz CT molecular complexity index is 3990. The summed E-state index contributed by atoms with van der Waals surface area (Å²) in [5.41, 5.74) is 23.7. The molecule has 2 fully saturated rings. The highest BCUT2D eigenvalue weighted by molar-refractivity contribution is 6.20. The highest BCUT2D eigenvalue weighted by Crippen LogP contribution is 2.65. The molecule has 378 valence electrons. The van der Waals surface area contributed by atoms with Crippen LogP contribution in [0.15, 0.2) is 206 Å². The third-order valence-electron chi connectivity index (χ3n) is 21.0. The van der Waals surface area contributed by atoms with Crippen molar-refractivity contribution in [3.05, 3.63) is 251 Å². The van der Waals surface area contributed by atoms with Gasteiger partial charge in [0.05, 0.1) is 16.5 Å². The minimum absolute atomic E-state index is 0.00804. The molecule has 0 bridgehead atoms. The van der Waals surface area contributed by atoms with Gasteiger partial charge in [0.25, 0.3) is 0 Å². The van der Waals surface area contributed by atoms with Crippen molar-refractivity contribution < 1.29 is 0 Å². The summed E-state index contributed by atoms with van der Waals surface area (Å²) in [5.74, 6) is 0.